The Labute approximate surface area is 206 Å². The van der Waals surface area contributed by atoms with E-state index in [1.54, 1.807) is 44.2 Å². The first kappa shape index (κ1) is 27.2. The molecule has 12 nitrogen and oxygen atoms in total. The van der Waals surface area contributed by atoms with E-state index in [0.29, 0.717) is 0 Å². The molecule has 1 fully saturated rings. The molecule has 5 N–H and O–H groups in total. The van der Waals surface area contributed by atoms with Crippen molar-refractivity contribution in [1.29, 1.82) is 0 Å². The maximum absolute atomic E-state index is 13.6. The molecule has 0 spiro atoms. The predicted molar refractivity (Wildman–Crippen MR) is 130 cm³/mol. The third kappa shape index (κ3) is 7.06. The number of esters is 1. The minimum atomic E-state index is -4.16. The van der Waals surface area contributed by atoms with Crippen molar-refractivity contribution in [1.82, 2.24) is 14.6 Å². The summed E-state index contributed by atoms with van der Waals surface area (Å²) < 4.78 is 31.0. The van der Waals surface area contributed by atoms with Crippen LogP contribution in [0, 0.1) is 0 Å². The van der Waals surface area contributed by atoms with Gasteiger partial charge < -0.3 is 25.2 Å². The quantitative estimate of drug-likeness (QED) is 0.257. The zero-order valence-corrected chi connectivity index (χ0v) is 21.1. The average molecular weight is 529 g/mol. The highest BCUT2D eigenvalue weighted by Crippen LogP contribution is 2.48. The van der Waals surface area contributed by atoms with E-state index in [-0.39, 0.29) is 24.3 Å². The number of para-hydroxylation sites is 1. The van der Waals surface area contributed by atoms with Gasteiger partial charge in [-0.25, -0.2) is 9.36 Å². The molecular weight excluding hydrogens is 499 g/mol. The van der Waals surface area contributed by atoms with Crippen LogP contribution in [0.4, 0.5) is 5.82 Å². The average Bonchev–Trinajstić information content (AvgIpc) is 3.06. The van der Waals surface area contributed by atoms with E-state index >= 15 is 0 Å². The summed E-state index contributed by atoms with van der Waals surface area (Å²) in [5, 5.41) is 22.0. The van der Waals surface area contributed by atoms with Crippen LogP contribution in [0.25, 0.3) is 0 Å². The van der Waals surface area contributed by atoms with E-state index in [1.807, 2.05) is 0 Å². The van der Waals surface area contributed by atoms with Crippen molar-refractivity contribution in [3.8, 4) is 5.75 Å². The van der Waals surface area contributed by atoms with Crippen molar-refractivity contribution >= 4 is 31.3 Å². The second kappa shape index (κ2) is 11.5. The van der Waals surface area contributed by atoms with Gasteiger partial charge in [0.2, 0.25) is 0 Å². The number of anilines is 1. The Morgan fingerprint density at radius 2 is 1.91 bits per heavy atom. The lowest BCUT2D eigenvalue weighted by Crippen LogP contribution is -2.38. The lowest BCUT2D eigenvalue weighted by atomic mass is 10.1. The summed E-state index contributed by atoms with van der Waals surface area (Å²) in [7, 11) is -4.16. The zero-order chi connectivity index (χ0) is 25.8. The molecule has 35 heavy (non-hydrogen) atoms. The number of hydrogen-bond donors (Lipinski definition) is 4. The largest absolute Gasteiger partial charge is 0.462 e. The summed E-state index contributed by atoms with van der Waals surface area (Å²) in [6.07, 6.45) is -1.66. The standard InChI is InChI=1S/C21H29N4O8PS/c1-12(2)32-20(28)13(3)24-34(30,33-14-7-5-4-6-8-14)31-11-15-17(26)18(27)19(35-15)25-10-9-16(22)23-21(25)29/h4-10,12-13,15,17-19,26-27H,11H2,1-3H3,(H,24,30)(H2,22,23,29)/t13-,15+,17+,18-,19+,34-/m0/s1. The first-order valence-electron chi connectivity index (χ1n) is 10.8. The van der Waals surface area contributed by atoms with Gasteiger partial charge in [0, 0.05) is 6.20 Å². The second-order valence-corrected chi connectivity index (χ2v) is 11.2. The van der Waals surface area contributed by atoms with Crippen molar-refractivity contribution in [2.45, 2.75) is 55.7 Å². The van der Waals surface area contributed by atoms with Crippen LogP contribution in [-0.2, 0) is 18.6 Å². The molecule has 1 aromatic heterocycles. The molecule has 2 heterocycles. The molecule has 0 aliphatic carbocycles. The Morgan fingerprint density at radius 3 is 2.54 bits per heavy atom. The predicted octanol–water partition coefficient (Wildman–Crippen LogP) is 1.29. The summed E-state index contributed by atoms with van der Waals surface area (Å²) in [5.74, 6) is -0.398. The number of rotatable bonds is 10. The molecule has 1 aliphatic heterocycles. The number of thioether (sulfide) groups is 1. The van der Waals surface area contributed by atoms with Crippen LogP contribution in [0.5, 0.6) is 5.75 Å². The molecule has 0 saturated carbocycles. The van der Waals surface area contributed by atoms with Crippen molar-refractivity contribution in [2.24, 2.45) is 0 Å². The van der Waals surface area contributed by atoms with Crippen molar-refractivity contribution in [3.05, 3.63) is 53.1 Å². The molecule has 14 heteroatoms. The molecule has 0 amide bonds. The fraction of sp³-hybridized carbons (Fsp3) is 0.476. The Kier molecular flexibility index (Phi) is 8.97. The highest BCUT2D eigenvalue weighted by molar-refractivity contribution is 8.00. The second-order valence-electron chi connectivity index (χ2n) is 8.12. The van der Waals surface area contributed by atoms with Crippen molar-refractivity contribution in [3.63, 3.8) is 0 Å². The highest BCUT2D eigenvalue weighted by atomic mass is 32.2. The topological polar surface area (TPSA) is 175 Å². The Hall–Kier alpha value is -2.41. The fourth-order valence-electron chi connectivity index (χ4n) is 3.22. The van der Waals surface area contributed by atoms with Crippen LogP contribution in [0.15, 0.2) is 47.4 Å². The Morgan fingerprint density at radius 1 is 1.23 bits per heavy atom. The number of aliphatic hydroxyl groups is 2. The monoisotopic (exact) mass is 528 g/mol. The number of carbonyl (C=O) groups is 1. The third-order valence-electron chi connectivity index (χ3n) is 4.90. The first-order chi connectivity index (χ1) is 16.5. The highest BCUT2D eigenvalue weighted by Gasteiger charge is 2.45. The summed E-state index contributed by atoms with van der Waals surface area (Å²) in [6, 6.07) is 8.58. The SMILES string of the molecule is CC(C)OC(=O)[C@H](C)N[P@](=O)(OC[C@H]1S[C@@H](n2ccc(N)nc2=O)[C@@H](O)[C@@H]1O)Oc1ccccc1. The van der Waals surface area contributed by atoms with E-state index in [4.69, 9.17) is 19.5 Å². The van der Waals surface area contributed by atoms with Crippen LogP contribution >= 0.6 is 19.5 Å². The minimum absolute atomic E-state index is 0.0272. The van der Waals surface area contributed by atoms with Crippen molar-refractivity contribution in [2.75, 3.05) is 12.3 Å². The molecule has 6 atom stereocenters. The molecule has 0 bridgehead atoms. The van der Waals surface area contributed by atoms with Gasteiger partial charge in [0.1, 0.15) is 29.1 Å². The number of aromatic nitrogens is 2. The maximum atomic E-state index is 13.6. The van der Waals surface area contributed by atoms with Gasteiger partial charge in [0.15, 0.2) is 0 Å². The van der Waals surface area contributed by atoms with Gasteiger partial charge in [-0.3, -0.25) is 13.9 Å². The number of benzene rings is 1. The molecule has 1 aromatic carbocycles. The number of aliphatic hydroxyl groups excluding tert-OH is 2. The normalized spacial score (nSPS) is 24.6. The number of carbonyl (C=O) groups excluding carboxylic acids is 1. The van der Waals surface area contributed by atoms with Crippen LogP contribution in [0.2, 0.25) is 0 Å². The van der Waals surface area contributed by atoms with Gasteiger partial charge >= 0.3 is 19.4 Å². The van der Waals surface area contributed by atoms with Gasteiger partial charge in [0.05, 0.1) is 24.1 Å². The lowest BCUT2D eigenvalue weighted by molar-refractivity contribution is -0.149. The molecule has 0 radical (unpaired) electrons. The van der Waals surface area contributed by atoms with Crippen LogP contribution < -0.4 is 21.0 Å². The fourth-order valence-corrected chi connectivity index (χ4v) is 6.28. The molecule has 192 valence electrons. The minimum Gasteiger partial charge on any atom is -0.462 e. The molecule has 1 saturated heterocycles. The van der Waals surface area contributed by atoms with Gasteiger partial charge in [0.25, 0.3) is 0 Å². The van der Waals surface area contributed by atoms with E-state index in [0.717, 1.165) is 16.3 Å². The zero-order valence-electron chi connectivity index (χ0n) is 19.4. The van der Waals surface area contributed by atoms with Crippen LogP contribution in [0.1, 0.15) is 26.1 Å². The summed E-state index contributed by atoms with van der Waals surface area (Å²) >= 11 is 1.04. The summed E-state index contributed by atoms with van der Waals surface area (Å²) in [6.45, 7) is 4.49. The number of ether oxygens (including phenoxy) is 1. The molecule has 1 aliphatic rings. The number of hydrogen-bond acceptors (Lipinski definition) is 11. The Bertz CT molecular complexity index is 1120. The smallest absolute Gasteiger partial charge is 0.459 e. The van der Waals surface area contributed by atoms with Crippen molar-refractivity contribution < 1.29 is 33.4 Å². The molecule has 3 rings (SSSR count). The number of nitrogens with one attached hydrogen (secondary N) is 1. The number of nitrogens with two attached hydrogens (primary N) is 1. The van der Waals surface area contributed by atoms with Crippen LogP contribution in [0.3, 0.4) is 0 Å². The first-order valence-corrected chi connectivity index (χ1v) is 13.3. The number of nitrogens with zero attached hydrogens (tertiary/aromatic N) is 2. The third-order valence-corrected chi connectivity index (χ3v) is 8.09. The van der Waals surface area contributed by atoms with Gasteiger partial charge in [-0.05, 0) is 39.0 Å². The van der Waals surface area contributed by atoms with Gasteiger partial charge in [-0.2, -0.15) is 10.1 Å². The molecular formula is C21H29N4O8PS. The van der Waals surface area contributed by atoms with Gasteiger partial charge in [-0.1, -0.05) is 18.2 Å². The summed E-state index contributed by atoms with van der Waals surface area (Å²) in [5.41, 5.74) is 4.83. The van der Waals surface area contributed by atoms with E-state index in [2.05, 4.69) is 10.1 Å². The van der Waals surface area contributed by atoms with Crippen LogP contribution in [-0.4, -0.2) is 61.9 Å². The van der Waals surface area contributed by atoms with E-state index in [1.165, 1.54) is 19.2 Å². The lowest BCUT2D eigenvalue weighted by Gasteiger charge is -2.25. The van der Waals surface area contributed by atoms with E-state index in [9.17, 15) is 24.4 Å². The Balaban J connectivity index is 1.75. The molecule has 0 unspecified atom stereocenters. The number of nitrogen functional groups attached to an aromatic ring is 1. The summed E-state index contributed by atoms with van der Waals surface area (Å²) in [4.78, 5) is 28.1. The molecule has 2 aromatic rings. The maximum Gasteiger partial charge on any atom is 0.459 e. The van der Waals surface area contributed by atoms with E-state index < -0.39 is 48.3 Å². The van der Waals surface area contributed by atoms with Gasteiger partial charge in [-0.15, -0.1) is 11.8 Å².